The molecule has 1 fully saturated rings. The van der Waals surface area contributed by atoms with Gasteiger partial charge in [-0.25, -0.2) is 17.1 Å². The van der Waals surface area contributed by atoms with Crippen LogP contribution < -0.4 is 0 Å². The van der Waals surface area contributed by atoms with Crippen molar-refractivity contribution >= 4 is 10.0 Å². The summed E-state index contributed by atoms with van der Waals surface area (Å²) in [4.78, 5) is 4.32. The lowest BCUT2D eigenvalue weighted by atomic mass is 10.00. The highest BCUT2D eigenvalue weighted by molar-refractivity contribution is 7.89. The Morgan fingerprint density at radius 1 is 1.43 bits per heavy atom. The molecule has 1 aliphatic rings. The lowest BCUT2D eigenvalue weighted by Crippen LogP contribution is -2.39. The lowest BCUT2D eigenvalue weighted by molar-refractivity contribution is 0.266. The molecule has 3 rings (SSSR count). The van der Waals surface area contributed by atoms with Crippen molar-refractivity contribution in [3.8, 4) is 11.4 Å². The number of benzene rings is 1. The Labute approximate surface area is 134 Å². The standard InChI is InChI=1S/C15H18FN3O3S/c1-2-23(20,21)19-8-4-6-12(10-19)15-17-14(18-22-15)11-5-3-7-13(16)9-11/h3,5,7,9,12H,2,4,6,8,10H2,1H3/t12-/m0/s1. The van der Waals surface area contributed by atoms with E-state index in [4.69, 9.17) is 4.52 Å². The highest BCUT2D eigenvalue weighted by Crippen LogP contribution is 2.29. The maximum atomic E-state index is 13.3. The number of hydrogen-bond donors (Lipinski definition) is 0. The SMILES string of the molecule is CCS(=O)(=O)N1CCC[C@H](c2nc(-c3cccc(F)c3)no2)C1. The molecule has 1 aromatic heterocycles. The van der Waals surface area contributed by atoms with E-state index in [-0.39, 0.29) is 17.5 Å². The summed E-state index contributed by atoms with van der Waals surface area (Å²) >= 11 is 0. The number of hydrogen-bond acceptors (Lipinski definition) is 5. The molecular weight excluding hydrogens is 321 g/mol. The van der Waals surface area contributed by atoms with Gasteiger partial charge in [0.1, 0.15) is 5.82 Å². The van der Waals surface area contributed by atoms with Crippen molar-refractivity contribution in [2.75, 3.05) is 18.8 Å². The number of piperidine rings is 1. The van der Waals surface area contributed by atoms with Crippen molar-refractivity contribution in [3.63, 3.8) is 0 Å². The molecule has 1 atom stereocenters. The molecule has 2 heterocycles. The second-order valence-corrected chi connectivity index (χ2v) is 7.82. The number of nitrogens with zero attached hydrogens (tertiary/aromatic N) is 3. The molecule has 6 nitrogen and oxygen atoms in total. The Kier molecular flexibility index (Phi) is 4.45. The minimum absolute atomic E-state index is 0.0814. The number of rotatable bonds is 4. The quantitative estimate of drug-likeness (QED) is 0.855. The van der Waals surface area contributed by atoms with Crippen LogP contribution in [0.3, 0.4) is 0 Å². The highest BCUT2D eigenvalue weighted by atomic mass is 32.2. The van der Waals surface area contributed by atoms with E-state index in [1.807, 2.05) is 0 Å². The molecule has 1 aliphatic heterocycles. The van der Waals surface area contributed by atoms with Gasteiger partial charge in [0.2, 0.25) is 21.7 Å². The Bertz CT molecular complexity index is 791. The topological polar surface area (TPSA) is 76.3 Å². The molecule has 8 heteroatoms. The number of aromatic nitrogens is 2. The minimum atomic E-state index is -3.22. The normalized spacial score (nSPS) is 19.8. The van der Waals surface area contributed by atoms with E-state index >= 15 is 0 Å². The van der Waals surface area contributed by atoms with E-state index in [9.17, 15) is 12.8 Å². The summed E-state index contributed by atoms with van der Waals surface area (Å²) in [5.74, 6) is 0.305. The fourth-order valence-electron chi connectivity index (χ4n) is 2.73. The third kappa shape index (κ3) is 3.42. The van der Waals surface area contributed by atoms with Gasteiger partial charge in [-0.05, 0) is 31.9 Å². The first-order valence-corrected chi connectivity index (χ1v) is 9.18. The maximum Gasteiger partial charge on any atom is 0.231 e. The second kappa shape index (κ2) is 6.37. The van der Waals surface area contributed by atoms with E-state index in [1.165, 1.54) is 16.4 Å². The van der Waals surface area contributed by atoms with Gasteiger partial charge in [0.25, 0.3) is 0 Å². The van der Waals surface area contributed by atoms with E-state index < -0.39 is 10.0 Å². The zero-order valence-corrected chi connectivity index (χ0v) is 13.6. The smallest absolute Gasteiger partial charge is 0.231 e. The van der Waals surface area contributed by atoms with Gasteiger partial charge in [-0.1, -0.05) is 17.3 Å². The molecule has 0 unspecified atom stereocenters. The van der Waals surface area contributed by atoms with Crippen LogP contribution in [0.15, 0.2) is 28.8 Å². The predicted molar refractivity (Wildman–Crippen MR) is 82.7 cm³/mol. The van der Waals surface area contributed by atoms with Crippen molar-refractivity contribution in [1.82, 2.24) is 14.4 Å². The molecule has 0 aliphatic carbocycles. The van der Waals surface area contributed by atoms with Gasteiger partial charge in [-0.15, -0.1) is 0 Å². The van der Waals surface area contributed by atoms with Gasteiger partial charge in [-0.2, -0.15) is 4.98 Å². The van der Waals surface area contributed by atoms with Crippen molar-refractivity contribution in [2.45, 2.75) is 25.7 Å². The van der Waals surface area contributed by atoms with Crippen LogP contribution in [0.25, 0.3) is 11.4 Å². The van der Waals surface area contributed by atoms with Gasteiger partial charge in [-0.3, -0.25) is 0 Å². The van der Waals surface area contributed by atoms with Crippen LogP contribution in [-0.2, 0) is 10.0 Å². The van der Waals surface area contributed by atoms with Crippen LogP contribution in [0.5, 0.6) is 0 Å². The van der Waals surface area contributed by atoms with Gasteiger partial charge >= 0.3 is 0 Å². The minimum Gasteiger partial charge on any atom is -0.339 e. The molecule has 2 aromatic rings. The van der Waals surface area contributed by atoms with E-state index in [0.29, 0.717) is 30.4 Å². The average molecular weight is 339 g/mol. The van der Waals surface area contributed by atoms with Gasteiger partial charge in [0.15, 0.2) is 0 Å². The Morgan fingerprint density at radius 2 is 2.26 bits per heavy atom. The Hall–Kier alpha value is -1.80. The molecule has 0 radical (unpaired) electrons. The predicted octanol–water partition coefficient (Wildman–Crippen LogP) is 2.40. The zero-order chi connectivity index (χ0) is 16.4. The summed E-state index contributed by atoms with van der Waals surface area (Å²) in [5, 5.41) is 3.89. The van der Waals surface area contributed by atoms with Gasteiger partial charge in [0, 0.05) is 18.7 Å². The Morgan fingerprint density at radius 3 is 3.00 bits per heavy atom. The first-order valence-electron chi connectivity index (χ1n) is 7.57. The second-order valence-electron chi connectivity index (χ2n) is 5.56. The molecule has 0 saturated carbocycles. The van der Waals surface area contributed by atoms with Gasteiger partial charge < -0.3 is 4.52 Å². The Balaban J connectivity index is 1.80. The third-order valence-electron chi connectivity index (χ3n) is 4.02. The highest BCUT2D eigenvalue weighted by Gasteiger charge is 2.31. The molecular formula is C15H18FN3O3S. The van der Waals surface area contributed by atoms with Crippen molar-refractivity contribution in [1.29, 1.82) is 0 Å². The van der Waals surface area contributed by atoms with Crippen LogP contribution >= 0.6 is 0 Å². The van der Waals surface area contributed by atoms with Crippen LogP contribution in [0, 0.1) is 5.82 Å². The molecule has 0 spiro atoms. The zero-order valence-electron chi connectivity index (χ0n) is 12.8. The summed E-state index contributed by atoms with van der Waals surface area (Å²) in [6.07, 6.45) is 1.54. The summed E-state index contributed by atoms with van der Waals surface area (Å²) in [5.41, 5.74) is 0.536. The summed E-state index contributed by atoms with van der Waals surface area (Å²) in [6, 6.07) is 5.96. The van der Waals surface area contributed by atoms with Crippen LogP contribution in [0.2, 0.25) is 0 Å². The van der Waals surface area contributed by atoms with E-state index in [1.54, 1.807) is 19.1 Å². The van der Waals surface area contributed by atoms with Crippen LogP contribution in [-0.4, -0.2) is 41.7 Å². The number of sulfonamides is 1. The first-order chi connectivity index (χ1) is 11.0. The fraction of sp³-hybridized carbons (Fsp3) is 0.467. The molecule has 0 amide bonds. The largest absolute Gasteiger partial charge is 0.339 e. The fourth-order valence-corrected chi connectivity index (χ4v) is 3.90. The number of halogens is 1. The molecule has 23 heavy (non-hydrogen) atoms. The molecule has 1 aromatic carbocycles. The monoisotopic (exact) mass is 339 g/mol. The van der Waals surface area contributed by atoms with Crippen molar-refractivity contribution < 1.29 is 17.3 Å². The van der Waals surface area contributed by atoms with E-state index in [0.717, 1.165) is 12.8 Å². The molecule has 124 valence electrons. The van der Waals surface area contributed by atoms with Crippen LogP contribution in [0.4, 0.5) is 4.39 Å². The average Bonchev–Trinajstić information content (AvgIpc) is 3.05. The summed E-state index contributed by atoms with van der Waals surface area (Å²) in [7, 11) is -3.22. The summed E-state index contributed by atoms with van der Waals surface area (Å²) < 4.78 is 44.1. The maximum absolute atomic E-state index is 13.3. The molecule has 0 N–H and O–H groups in total. The van der Waals surface area contributed by atoms with E-state index in [2.05, 4.69) is 10.1 Å². The third-order valence-corrected chi connectivity index (χ3v) is 5.86. The van der Waals surface area contributed by atoms with Crippen LogP contribution in [0.1, 0.15) is 31.6 Å². The molecule has 0 bridgehead atoms. The van der Waals surface area contributed by atoms with Crippen molar-refractivity contribution in [2.24, 2.45) is 0 Å². The molecule has 1 saturated heterocycles. The van der Waals surface area contributed by atoms with Gasteiger partial charge in [0.05, 0.1) is 11.7 Å². The van der Waals surface area contributed by atoms with Crippen molar-refractivity contribution in [3.05, 3.63) is 36.0 Å². The summed E-state index contributed by atoms with van der Waals surface area (Å²) in [6.45, 7) is 2.51. The lowest BCUT2D eigenvalue weighted by Gasteiger charge is -2.29. The first kappa shape index (κ1) is 16.1.